The Labute approximate surface area is 217 Å². The van der Waals surface area contributed by atoms with Gasteiger partial charge in [0, 0.05) is 11.4 Å². The average molecular weight is 525 g/mol. The SMILES string of the molecule is Cc1cc(C)c(C)c(S(=O)(=O)N(Cc2cccs2)C2CC(=O)N(c3ccc(C(C)C)cc3)C2=O)c1C. The Balaban J connectivity index is 1.79. The van der Waals surface area contributed by atoms with Gasteiger partial charge in [-0.2, -0.15) is 4.31 Å². The summed E-state index contributed by atoms with van der Waals surface area (Å²) >= 11 is 1.42. The third kappa shape index (κ3) is 4.65. The van der Waals surface area contributed by atoms with Gasteiger partial charge in [-0.25, -0.2) is 13.3 Å². The van der Waals surface area contributed by atoms with Crippen molar-refractivity contribution in [3.05, 3.63) is 80.5 Å². The number of anilines is 1. The minimum atomic E-state index is -4.11. The van der Waals surface area contributed by atoms with Crippen molar-refractivity contribution in [2.45, 2.75) is 71.4 Å². The Morgan fingerprint density at radius 3 is 2.14 bits per heavy atom. The molecule has 1 unspecified atom stereocenters. The molecule has 1 saturated heterocycles. The largest absolute Gasteiger partial charge is 0.274 e. The Morgan fingerprint density at radius 2 is 1.61 bits per heavy atom. The molecule has 0 radical (unpaired) electrons. The molecule has 1 aromatic heterocycles. The van der Waals surface area contributed by atoms with Crippen LogP contribution in [0, 0.1) is 27.7 Å². The summed E-state index contributed by atoms with van der Waals surface area (Å²) in [5.74, 6) is -0.605. The molecule has 3 aromatic rings. The molecule has 0 N–H and O–H groups in total. The van der Waals surface area contributed by atoms with E-state index < -0.39 is 27.9 Å². The molecule has 2 amide bonds. The maximum Gasteiger partial charge on any atom is 0.252 e. The Hall–Kier alpha value is -2.81. The molecular weight excluding hydrogens is 492 g/mol. The zero-order valence-electron chi connectivity index (χ0n) is 21.5. The van der Waals surface area contributed by atoms with Gasteiger partial charge in [0.2, 0.25) is 15.9 Å². The first-order chi connectivity index (χ1) is 16.9. The van der Waals surface area contributed by atoms with Crippen molar-refractivity contribution in [1.82, 2.24) is 4.31 Å². The first-order valence-corrected chi connectivity index (χ1v) is 14.3. The smallest absolute Gasteiger partial charge is 0.252 e. The summed E-state index contributed by atoms with van der Waals surface area (Å²) in [5.41, 5.74) is 4.61. The maximum atomic E-state index is 14.3. The average Bonchev–Trinajstić information content (AvgIpc) is 3.43. The fourth-order valence-electron chi connectivity index (χ4n) is 4.72. The van der Waals surface area contributed by atoms with Crippen LogP contribution in [-0.2, 0) is 26.2 Å². The molecule has 0 saturated carbocycles. The van der Waals surface area contributed by atoms with E-state index in [0.29, 0.717) is 22.7 Å². The third-order valence-electron chi connectivity index (χ3n) is 7.04. The second-order valence-corrected chi connectivity index (χ2v) is 12.6. The number of imide groups is 1. The van der Waals surface area contributed by atoms with E-state index in [1.54, 1.807) is 26.0 Å². The number of carbonyl (C=O) groups is 2. The van der Waals surface area contributed by atoms with Crippen molar-refractivity contribution in [3.8, 4) is 0 Å². The fraction of sp³-hybridized carbons (Fsp3) is 0.357. The summed E-state index contributed by atoms with van der Waals surface area (Å²) in [7, 11) is -4.11. The highest BCUT2D eigenvalue weighted by Gasteiger charge is 2.47. The number of sulfonamides is 1. The summed E-state index contributed by atoms with van der Waals surface area (Å²) in [6.07, 6.45) is -0.196. The van der Waals surface area contributed by atoms with Crippen molar-refractivity contribution in [3.63, 3.8) is 0 Å². The lowest BCUT2D eigenvalue weighted by Crippen LogP contribution is -2.45. The highest BCUT2D eigenvalue weighted by Crippen LogP contribution is 2.35. The molecule has 6 nitrogen and oxygen atoms in total. The summed E-state index contributed by atoms with van der Waals surface area (Å²) in [5, 5.41) is 1.87. The van der Waals surface area contributed by atoms with E-state index in [0.717, 1.165) is 26.5 Å². The molecule has 8 heteroatoms. The summed E-state index contributed by atoms with van der Waals surface area (Å²) < 4.78 is 29.7. The van der Waals surface area contributed by atoms with E-state index in [-0.39, 0.29) is 17.9 Å². The van der Waals surface area contributed by atoms with E-state index in [9.17, 15) is 18.0 Å². The van der Waals surface area contributed by atoms with Gasteiger partial charge in [0.25, 0.3) is 5.91 Å². The molecule has 0 aliphatic carbocycles. The van der Waals surface area contributed by atoms with E-state index in [4.69, 9.17) is 0 Å². The number of hydrogen-bond donors (Lipinski definition) is 0. The van der Waals surface area contributed by atoms with Crippen LogP contribution in [-0.4, -0.2) is 30.6 Å². The molecular formula is C28H32N2O4S2. The summed E-state index contributed by atoms with van der Waals surface area (Å²) in [4.78, 5) is 29.0. The lowest BCUT2D eigenvalue weighted by Gasteiger charge is -2.28. The lowest BCUT2D eigenvalue weighted by atomic mass is 10.0. The van der Waals surface area contributed by atoms with Gasteiger partial charge < -0.3 is 0 Å². The fourth-order valence-corrected chi connectivity index (χ4v) is 7.65. The van der Waals surface area contributed by atoms with Crippen LogP contribution in [0.15, 0.2) is 52.7 Å². The van der Waals surface area contributed by atoms with Gasteiger partial charge in [-0.3, -0.25) is 9.59 Å². The van der Waals surface area contributed by atoms with Crippen molar-refractivity contribution < 1.29 is 18.0 Å². The van der Waals surface area contributed by atoms with Crippen molar-refractivity contribution in [2.24, 2.45) is 0 Å². The van der Waals surface area contributed by atoms with Gasteiger partial charge in [-0.1, -0.05) is 38.1 Å². The molecule has 1 fully saturated rings. The normalized spacial score (nSPS) is 16.6. The second-order valence-electron chi connectivity index (χ2n) is 9.75. The molecule has 0 spiro atoms. The quantitative estimate of drug-likeness (QED) is 0.376. The Morgan fingerprint density at radius 1 is 1.00 bits per heavy atom. The van der Waals surface area contributed by atoms with E-state index in [2.05, 4.69) is 13.8 Å². The van der Waals surface area contributed by atoms with Gasteiger partial charge in [-0.15, -0.1) is 11.3 Å². The Kier molecular flexibility index (Phi) is 7.23. The molecule has 2 aromatic carbocycles. The number of carbonyl (C=O) groups excluding carboxylic acids is 2. The van der Waals surface area contributed by atoms with Crippen LogP contribution in [0.5, 0.6) is 0 Å². The number of aryl methyl sites for hydroxylation is 2. The van der Waals surface area contributed by atoms with Gasteiger partial charge in [0.1, 0.15) is 6.04 Å². The van der Waals surface area contributed by atoms with Gasteiger partial charge in [-0.05, 0) is 85.0 Å². The molecule has 2 heterocycles. The Bertz CT molecular complexity index is 1380. The van der Waals surface area contributed by atoms with Crippen LogP contribution >= 0.6 is 11.3 Å². The number of amides is 2. The number of nitrogens with zero attached hydrogens (tertiary/aromatic N) is 2. The molecule has 1 aliphatic rings. The third-order valence-corrected chi connectivity index (χ3v) is 10.0. The van der Waals surface area contributed by atoms with Crippen LogP contribution < -0.4 is 4.90 Å². The number of thiophene rings is 1. The van der Waals surface area contributed by atoms with Gasteiger partial charge >= 0.3 is 0 Å². The highest BCUT2D eigenvalue weighted by molar-refractivity contribution is 7.89. The molecule has 4 rings (SSSR count). The predicted octanol–water partition coefficient (Wildman–Crippen LogP) is 5.63. The van der Waals surface area contributed by atoms with E-state index in [1.807, 2.05) is 49.6 Å². The highest BCUT2D eigenvalue weighted by atomic mass is 32.2. The van der Waals surface area contributed by atoms with Crippen LogP contribution in [0.2, 0.25) is 0 Å². The minimum Gasteiger partial charge on any atom is -0.274 e. The molecule has 190 valence electrons. The van der Waals surface area contributed by atoms with Gasteiger partial charge in [0.15, 0.2) is 0 Å². The second kappa shape index (κ2) is 9.92. The molecule has 0 bridgehead atoms. The van der Waals surface area contributed by atoms with Crippen LogP contribution in [0.3, 0.4) is 0 Å². The van der Waals surface area contributed by atoms with E-state index in [1.165, 1.54) is 15.6 Å². The predicted molar refractivity (Wildman–Crippen MR) is 144 cm³/mol. The number of rotatable bonds is 7. The van der Waals surface area contributed by atoms with Crippen LogP contribution in [0.25, 0.3) is 0 Å². The van der Waals surface area contributed by atoms with Gasteiger partial charge in [0.05, 0.1) is 17.0 Å². The van der Waals surface area contributed by atoms with E-state index >= 15 is 0 Å². The maximum absolute atomic E-state index is 14.3. The zero-order valence-corrected chi connectivity index (χ0v) is 23.2. The van der Waals surface area contributed by atoms with Crippen molar-refractivity contribution in [2.75, 3.05) is 4.90 Å². The molecule has 1 aliphatic heterocycles. The number of hydrogen-bond acceptors (Lipinski definition) is 5. The standard InChI is InChI=1S/C28H32N2O4S2/c1-17(2)22-9-11-23(12-10-22)30-26(31)15-25(28(30)32)29(16-24-8-7-13-35-24)36(33,34)27-20(5)18(3)14-19(4)21(27)6/h7-14,17,25H,15-16H2,1-6H3. The summed E-state index contributed by atoms with van der Waals surface area (Å²) in [6.45, 7) is 11.5. The topological polar surface area (TPSA) is 74.8 Å². The minimum absolute atomic E-state index is 0.0235. The lowest BCUT2D eigenvalue weighted by molar-refractivity contribution is -0.122. The van der Waals surface area contributed by atoms with Crippen molar-refractivity contribution >= 4 is 38.9 Å². The zero-order chi connectivity index (χ0) is 26.4. The molecule has 36 heavy (non-hydrogen) atoms. The van der Waals surface area contributed by atoms with Crippen LogP contribution in [0.4, 0.5) is 5.69 Å². The number of benzene rings is 2. The first-order valence-electron chi connectivity index (χ1n) is 12.0. The first kappa shape index (κ1) is 26.3. The summed E-state index contributed by atoms with van der Waals surface area (Å²) in [6, 6.07) is 11.9. The van der Waals surface area contributed by atoms with Crippen molar-refractivity contribution in [1.29, 1.82) is 0 Å². The molecule has 1 atom stereocenters. The monoisotopic (exact) mass is 524 g/mol. The van der Waals surface area contributed by atoms with Crippen LogP contribution in [0.1, 0.15) is 58.9 Å².